The summed E-state index contributed by atoms with van der Waals surface area (Å²) < 4.78 is 172. The molecular formula is C22H12F12N2O2. The van der Waals surface area contributed by atoms with Crippen molar-refractivity contribution in [3.05, 3.63) is 70.8 Å². The number of rotatable bonds is 4. The molecule has 3 aromatic carbocycles. The van der Waals surface area contributed by atoms with Crippen LogP contribution in [0.3, 0.4) is 0 Å². The Bertz CT molecular complexity index is 1340. The first kappa shape index (κ1) is 28.6. The third kappa shape index (κ3) is 5.94. The van der Waals surface area contributed by atoms with Crippen LogP contribution in [0.15, 0.2) is 48.5 Å². The van der Waals surface area contributed by atoms with Gasteiger partial charge in [0, 0.05) is 17.4 Å². The highest BCUT2D eigenvalue weighted by atomic mass is 19.4. The van der Waals surface area contributed by atoms with Crippen molar-refractivity contribution < 1.29 is 62.2 Å². The normalized spacial score (nSPS) is 12.9. The van der Waals surface area contributed by atoms with E-state index in [-0.39, 0.29) is 12.1 Å². The molecule has 0 heterocycles. The first-order valence-corrected chi connectivity index (χ1v) is 9.80. The van der Waals surface area contributed by atoms with E-state index < -0.39 is 81.3 Å². The van der Waals surface area contributed by atoms with Gasteiger partial charge in [-0.1, -0.05) is 12.1 Å². The maximum atomic E-state index is 13.8. The second-order valence-electron chi connectivity index (χ2n) is 7.48. The smallest absolute Gasteiger partial charge is 0.421 e. The fraction of sp³-hybridized carbons (Fsp3) is 0.182. The molecule has 0 radical (unpaired) electrons. The molecule has 0 saturated heterocycles. The van der Waals surface area contributed by atoms with Crippen LogP contribution >= 0.6 is 0 Å². The Balaban J connectivity index is 2.31. The zero-order valence-corrected chi connectivity index (χ0v) is 18.1. The lowest BCUT2D eigenvalue weighted by atomic mass is 10.0. The molecule has 0 aliphatic carbocycles. The van der Waals surface area contributed by atoms with Gasteiger partial charge in [0.05, 0.1) is 5.56 Å². The maximum Gasteiger partial charge on any atom is 0.421 e. The Morgan fingerprint density at radius 1 is 0.474 bits per heavy atom. The number of anilines is 2. The summed E-state index contributed by atoms with van der Waals surface area (Å²) in [5.41, 5.74) is 0.0333. The summed E-state index contributed by atoms with van der Waals surface area (Å²) in [6.07, 6.45) is -22.2. The highest BCUT2D eigenvalue weighted by Crippen LogP contribution is 2.51. The molecule has 0 aromatic heterocycles. The largest absolute Gasteiger partial charge is 0.456 e. The summed E-state index contributed by atoms with van der Waals surface area (Å²) in [5, 5.41) is 0. The van der Waals surface area contributed by atoms with Crippen molar-refractivity contribution in [3.63, 3.8) is 0 Å². The second-order valence-corrected chi connectivity index (χ2v) is 7.48. The van der Waals surface area contributed by atoms with Gasteiger partial charge in [-0.2, -0.15) is 52.7 Å². The van der Waals surface area contributed by atoms with Gasteiger partial charge in [0.2, 0.25) is 0 Å². The molecule has 4 N–H and O–H groups in total. The first-order chi connectivity index (χ1) is 17.2. The Kier molecular flexibility index (Phi) is 7.07. The van der Waals surface area contributed by atoms with Gasteiger partial charge in [-0.15, -0.1) is 0 Å². The van der Waals surface area contributed by atoms with E-state index in [4.69, 9.17) is 16.2 Å². The van der Waals surface area contributed by atoms with Crippen molar-refractivity contribution >= 4 is 11.4 Å². The number of ether oxygens (including phenoxy) is 2. The summed E-state index contributed by atoms with van der Waals surface area (Å²) in [7, 11) is 0. The number of hydrogen-bond donors (Lipinski definition) is 2. The highest BCUT2D eigenvalue weighted by Gasteiger charge is 2.47. The first-order valence-electron chi connectivity index (χ1n) is 9.80. The van der Waals surface area contributed by atoms with Gasteiger partial charge in [-0.3, -0.25) is 0 Å². The minimum atomic E-state index is -5.86. The van der Waals surface area contributed by atoms with Gasteiger partial charge >= 0.3 is 24.7 Å². The number of hydrogen-bond acceptors (Lipinski definition) is 4. The van der Waals surface area contributed by atoms with E-state index in [0.717, 1.165) is 18.2 Å². The number of nitrogens with two attached hydrogens (primary N) is 2. The van der Waals surface area contributed by atoms with Crippen molar-refractivity contribution in [3.8, 4) is 23.0 Å². The van der Waals surface area contributed by atoms with E-state index in [1.54, 1.807) is 0 Å². The number of halogens is 12. The van der Waals surface area contributed by atoms with Gasteiger partial charge < -0.3 is 20.9 Å². The van der Waals surface area contributed by atoms with Crippen LogP contribution < -0.4 is 20.9 Å². The zero-order valence-electron chi connectivity index (χ0n) is 18.1. The molecular weight excluding hydrogens is 552 g/mol. The number of alkyl halides is 12. The summed E-state index contributed by atoms with van der Waals surface area (Å²) in [5.74, 6) is -5.74. The van der Waals surface area contributed by atoms with Crippen LogP contribution in [0.4, 0.5) is 64.1 Å². The van der Waals surface area contributed by atoms with Crippen LogP contribution in [0.1, 0.15) is 22.3 Å². The Morgan fingerprint density at radius 3 is 1.29 bits per heavy atom. The minimum absolute atomic E-state index is 0.0603. The standard InChI is InChI=1S/C22H12F12N2O2/c23-19(24,25)10-7-9(37-13-5-1-3-11(35)17(13)21(29,30)31)8-15(16(10)20(26,27)28)38-14-6-2-4-12(36)18(14)22(32,33)34/h1-8H,35-36H2. The molecule has 38 heavy (non-hydrogen) atoms. The van der Waals surface area contributed by atoms with E-state index in [0.29, 0.717) is 18.2 Å². The summed E-state index contributed by atoms with van der Waals surface area (Å²) in [6, 6.07) is 4.10. The molecule has 0 saturated carbocycles. The average molecular weight is 564 g/mol. The van der Waals surface area contributed by atoms with E-state index in [2.05, 4.69) is 4.74 Å². The molecule has 0 fully saturated rings. The summed E-state index contributed by atoms with van der Waals surface area (Å²) in [6.45, 7) is 0. The molecule has 0 amide bonds. The predicted octanol–water partition coefficient (Wildman–Crippen LogP) is 8.51. The van der Waals surface area contributed by atoms with Crippen LogP contribution in [-0.2, 0) is 24.7 Å². The third-order valence-electron chi connectivity index (χ3n) is 4.80. The van der Waals surface area contributed by atoms with Crippen LogP contribution in [0, 0.1) is 0 Å². The van der Waals surface area contributed by atoms with Crippen molar-refractivity contribution in [1.82, 2.24) is 0 Å². The van der Waals surface area contributed by atoms with Crippen molar-refractivity contribution in [2.75, 3.05) is 11.5 Å². The number of benzene rings is 3. The average Bonchev–Trinajstić information content (AvgIpc) is 2.70. The quantitative estimate of drug-likeness (QED) is 0.246. The van der Waals surface area contributed by atoms with Gasteiger partial charge in [0.1, 0.15) is 39.7 Å². The Hall–Kier alpha value is -3.98. The maximum absolute atomic E-state index is 13.8. The molecule has 3 rings (SSSR count). The predicted molar refractivity (Wildman–Crippen MR) is 108 cm³/mol. The molecule has 0 aliphatic rings. The van der Waals surface area contributed by atoms with E-state index >= 15 is 0 Å². The van der Waals surface area contributed by atoms with Crippen molar-refractivity contribution in [2.45, 2.75) is 24.7 Å². The van der Waals surface area contributed by atoms with Crippen LogP contribution in [0.25, 0.3) is 0 Å². The van der Waals surface area contributed by atoms with Crippen LogP contribution in [0.5, 0.6) is 23.0 Å². The van der Waals surface area contributed by atoms with Gasteiger partial charge in [-0.25, -0.2) is 0 Å². The molecule has 0 atom stereocenters. The lowest BCUT2D eigenvalue weighted by molar-refractivity contribution is -0.163. The third-order valence-corrected chi connectivity index (χ3v) is 4.80. The van der Waals surface area contributed by atoms with E-state index in [9.17, 15) is 52.7 Å². The number of nitrogen functional groups attached to an aromatic ring is 2. The van der Waals surface area contributed by atoms with Crippen molar-refractivity contribution in [2.24, 2.45) is 0 Å². The van der Waals surface area contributed by atoms with Crippen LogP contribution in [0.2, 0.25) is 0 Å². The molecule has 3 aromatic rings. The van der Waals surface area contributed by atoms with Crippen LogP contribution in [-0.4, -0.2) is 0 Å². The zero-order chi connectivity index (χ0) is 28.8. The minimum Gasteiger partial charge on any atom is -0.456 e. The van der Waals surface area contributed by atoms with E-state index in [1.165, 1.54) is 0 Å². The molecule has 0 bridgehead atoms. The van der Waals surface area contributed by atoms with Crippen molar-refractivity contribution in [1.29, 1.82) is 0 Å². The monoisotopic (exact) mass is 564 g/mol. The topological polar surface area (TPSA) is 70.5 Å². The fourth-order valence-corrected chi connectivity index (χ4v) is 3.36. The molecule has 0 unspecified atom stereocenters. The molecule has 206 valence electrons. The summed E-state index contributed by atoms with van der Waals surface area (Å²) in [4.78, 5) is 0. The fourth-order valence-electron chi connectivity index (χ4n) is 3.36. The summed E-state index contributed by atoms with van der Waals surface area (Å²) >= 11 is 0. The molecule has 0 aliphatic heterocycles. The highest BCUT2D eigenvalue weighted by molar-refractivity contribution is 5.60. The van der Waals surface area contributed by atoms with Gasteiger partial charge in [0.25, 0.3) is 0 Å². The lowest BCUT2D eigenvalue weighted by Gasteiger charge is -2.23. The molecule has 4 nitrogen and oxygen atoms in total. The lowest BCUT2D eigenvalue weighted by Crippen LogP contribution is -2.18. The van der Waals surface area contributed by atoms with E-state index in [1.807, 2.05) is 0 Å². The Labute approximate surface area is 204 Å². The van der Waals surface area contributed by atoms with Gasteiger partial charge in [0.15, 0.2) is 0 Å². The molecule has 16 heteroatoms. The Morgan fingerprint density at radius 2 is 0.895 bits per heavy atom. The SMILES string of the molecule is Nc1cccc(Oc2cc(Oc3cccc(N)c3C(F)(F)F)c(C(F)(F)F)c(C(F)(F)F)c2)c1C(F)(F)F. The molecule has 0 spiro atoms. The second kappa shape index (κ2) is 9.40. The van der Waals surface area contributed by atoms with Gasteiger partial charge in [-0.05, 0) is 30.3 Å².